The van der Waals surface area contributed by atoms with Crippen LogP contribution in [-0.4, -0.2) is 6.54 Å². The van der Waals surface area contributed by atoms with Crippen molar-refractivity contribution in [1.82, 2.24) is 5.32 Å². The smallest absolute Gasteiger partial charge is 0.197 e. The van der Waals surface area contributed by atoms with Gasteiger partial charge in [0.05, 0.1) is 0 Å². The van der Waals surface area contributed by atoms with Gasteiger partial charge in [-0.15, -0.1) is 0 Å². The third kappa shape index (κ3) is 2.35. The summed E-state index contributed by atoms with van der Waals surface area (Å²) in [5.41, 5.74) is 2.17. The summed E-state index contributed by atoms with van der Waals surface area (Å²) in [7, 11) is 0. The highest BCUT2D eigenvalue weighted by Crippen LogP contribution is 2.27. The predicted molar refractivity (Wildman–Crippen MR) is 64.0 cm³/mol. The Balaban J connectivity index is 2.10. The Morgan fingerprint density at radius 2 is 2.44 bits per heavy atom. The molecule has 88 valence electrons. The molecule has 0 spiro atoms. The second-order valence-corrected chi connectivity index (χ2v) is 4.49. The summed E-state index contributed by atoms with van der Waals surface area (Å²) >= 11 is 0. The van der Waals surface area contributed by atoms with Gasteiger partial charge in [0.15, 0.2) is 11.9 Å². The number of nitrogens with zero attached hydrogens (tertiary/aromatic N) is 1. The van der Waals surface area contributed by atoms with Gasteiger partial charge in [0.2, 0.25) is 0 Å². The van der Waals surface area contributed by atoms with Crippen LogP contribution in [0.3, 0.4) is 0 Å². The van der Waals surface area contributed by atoms with Crippen molar-refractivity contribution in [2.45, 2.75) is 45.1 Å². The van der Waals surface area contributed by atoms with E-state index in [1.807, 2.05) is 6.07 Å². The number of pyridine rings is 1. The van der Waals surface area contributed by atoms with Gasteiger partial charge in [0, 0.05) is 24.1 Å². The third-order valence-corrected chi connectivity index (χ3v) is 3.30. The number of fused-ring (bicyclic) bond motifs is 1. The lowest BCUT2D eigenvalue weighted by molar-refractivity contribution is -0.615. The van der Waals surface area contributed by atoms with E-state index in [2.05, 4.69) is 18.3 Å². The van der Waals surface area contributed by atoms with Crippen LogP contribution in [0.25, 0.3) is 0 Å². The topological polar surface area (TPSA) is 39.0 Å². The van der Waals surface area contributed by atoms with Crippen LogP contribution in [0.5, 0.6) is 0 Å². The monoisotopic (exact) mass is 220 g/mol. The van der Waals surface area contributed by atoms with Gasteiger partial charge in [-0.1, -0.05) is 13.3 Å². The molecule has 1 N–H and O–H groups in total. The number of nitrogens with one attached hydrogen (secondary N) is 1. The molecule has 1 aromatic heterocycles. The second-order valence-electron chi connectivity index (χ2n) is 4.49. The van der Waals surface area contributed by atoms with E-state index in [1.54, 1.807) is 6.20 Å². The van der Waals surface area contributed by atoms with E-state index in [0.29, 0.717) is 6.04 Å². The molecule has 1 aliphatic rings. The summed E-state index contributed by atoms with van der Waals surface area (Å²) in [5.74, 6) is 0. The lowest BCUT2D eigenvalue weighted by Gasteiger charge is -2.24. The largest absolute Gasteiger partial charge is 0.618 e. The van der Waals surface area contributed by atoms with E-state index in [9.17, 15) is 5.21 Å². The highest BCUT2D eigenvalue weighted by atomic mass is 16.5. The van der Waals surface area contributed by atoms with Crippen molar-refractivity contribution in [3.8, 4) is 0 Å². The molecule has 0 aromatic carbocycles. The quantitative estimate of drug-likeness (QED) is 0.479. The SMILES string of the molecule is CCCCNC1CCCc2c1ccc[n+]2[O-]. The molecule has 0 amide bonds. The summed E-state index contributed by atoms with van der Waals surface area (Å²) in [4.78, 5) is 0. The number of rotatable bonds is 4. The van der Waals surface area contributed by atoms with Crippen molar-refractivity contribution in [3.05, 3.63) is 34.8 Å². The van der Waals surface area contributed by atoms with E-state index in [1.165, 1.54) is 18.4 Å². The standard InChI is InChI=1S/C13H20N2O/c1-2-3-9-14-12-7-4-8-13-11(12)6-5-10-15(13)16/h5-6,10,12,14H,2-4,7-9H2,1H3. The maximum atomic E-state index is 11.6. The second kappa shape index (κ2) is 5.30. The molecular weight excluding hydrogens is 200 g/mol. The van der Waals surface area contributed by atoms with Crippen molar-refractivity contribution in [2.24, 2.45) is 0 Å². The van der Waals surface area contributed by atoms with Crippen LogP contribution in [0.2, 0.25) is 0 Å². The van der Waals surface area contributed by atoms with Gasteiger partial charge in [0.1, 0.15) is 0 Å². The fourth-order valence-electron chi connectivity index (χ4n) is 2.40. The lowest BCUT2D eigenvalue weighted by atomic mass is 9.91. The zero-order valence-corrected chi connectivity index (χ0v) is 9.91. The summed E-state index contributed by atoms with van der Waals surface area (Å²) in [6.07, 6.45) is 7.21. The highest BCUT2D eigenvalue weighted by molar-refractivity contribution is 5.22. The molecule has 0 bridgehead atoms. The number of aromatic nitrogens is 1. The molecule has 1 atom stereocenters. The zero-order chi connectivity index (χ0) is 11.4. The molecule has 1 aliphatic carbocycles. The first-order chi connectivity index (χ1) is 7.83. The molecule has 0 saturated heterocycles. The Morgan fingerprint density at radius 3 is 3.25 bits per heavy atom. The third-order valence-electron chi connectivity index (χ3n) is 3.30. The molecule has 1 aromatic rings. The van der Waals surface area contributed by atoms with Gasteiger partial charge in [-0.05, 0) is 31.9 Å². The molecule has 0 fully saturated rings. The van der Waals surface area contributed by atoms with Gasteiger partial charge in [0.25, 0.3) is 0 Å². The number of hydrogen-bond acceptors (Lipinski definition) is 2. The average molecular weight is 220 g/mol. The van der Waals surface area contributed by atoms with Crippen LogP contribution in [0, 0.1) is 5.21 Å². The Hall–Kier alpha value is -1.09. The summed E-state index contributed by atoms with van der Waals surface area (Å²) in [5, 5.41) is 15.2. The molecule has 0 aliphatic heterocycles. The van der Waals surface area contributed by atoms with E-state index in [-0.39, 0.29) is 0 Å². The molecule has 0 radical (unpaired) electrons. The van der Waals surface area contributed by atoms with Crippen molar-refractivity contribution in [2.75, 3.05) is 6.54 Å². The van der Waals surface area contributed by atoms with E-state index < -0.39 is 0 Å². The molecule has 2 rings (SSSR count). The van der Waals surface area contributed by atoms with Gasteiger partial charge in [-0.2, -0.15) is 4.73 Å². The van der Waals surface area contributed by atoms with Crippen LogP contribution in [0.15, 0.2) is 18.3 Å². The zero-order valence-electron chi connectivity index (χ0n) is 9.91. The van der Waals surface area contributed by atoms with Crippen LogP contribution >= 0.6 is 0 Å². The van der Waals surface area contributed by atoms with Gasteiger partial charge >= 0.3 is 0 Å². The van der Waals surface area contributed by atoms with Crippen molar-refractivity contribution >= 4 is 0 Å². The predicted octanol–water partition coefficient (Wildman–Crippen LogP) is 2.09. The Labute approximate surface area is 97.1 Å². The number of hydrogen-bond donors (Lipinski definition) is 1. The van der Waals surface area contributed by atoms with Crippen LogP contribution < -0.4 is 10.0 Å². The van der Waals surface area contributed by atoms with Crippen molar-refractivity contribution in [1.29, 1.82) is 0 Å². The summed E-state index contributed by atoms with van der Waals surface area (Å²) in [6, 6.07) is 4.33. The minimum Gasteiger partial charge on any atom is -0.618 e. The van der Waals surface area contributed by atoms with Crippen molar-refractivity contribution < 1.29 is 4.73 Å². The first-order valence-electron chi connectivity index (χ1n) is 6.27. The normalized spacial score (nSPS) is 19.4. The van der Waals surface area contributed by atoms with E-state index >= 15 is 0 Å². The minimum absolute atomic E-state index is 0.386. The molecule has 1 heterocycles. The first kappa shape index (κ1) is 11.4. The highest BCUT2D eigenvalue weighted by Gasteiger charge is 2.24. The van der Waals surface area contributed by atoms with Gasteiger partial charge in [-0.25, -0.2) is 0 Å². The van der Waals surface area contributed by atoms with E-state index in [0.717, 1.165) is 36.2 Å². The van der Waals surface area contributed by atoms with Crippen LogP contribution in [-0.2, 0) is 6.42 Å². The summed E-state index contributed by atoms with van der Waals surface area (Å²) in [6.45, 7) is 3.25. The maximum absolute atomic E-state index is 11.6. The van der Waals surface area contributed by atoms with Crippen molar-refractivity contribution in [3.63, 3.8) is 0 Å². The Kier molecular flexibility index (Phi) is 3.78. The summed E-state index contributed by atoms with van der Waals surface area (Å²) < 4.78 is 1.03. The molecule has 3 heteroatoms. The van der Waals surface area contributed by atoms with Crippen LogP contribution in [0.1, 0.15) is 49.9 Å². The van der Waals surface area contributed by atoms with Crippen LogP contribution in [0.4, 0.5) is 0 Å². The maximum Gasteiger partial charge on any atom is 0.197 e. The number of unbranched alkanes of at least 4 members (excludes halogenated alkanes) is 1. The fourth-order valence-corrected chi connectivity index (χ4v) is 2.40. The first-order valence-corrected chi connectivity index (χ1v) is 6.27. The molecular formula is C13H20N2O. The van der Waals surface area contributed by atoms with Gasteiger partial charge < -0.3 is 10.5 Å². The van der Waals surface area contributed by atoms with E-state index in [4.69, 9.17) is 0 Å². The Morgan fingerprint density at radius 1 is 1.56 bits per heavy atom. The molecule has 0 saturated carbocycles. The minimum atomic E-state index is 0.386. The molecule has 3 nitrogen and oxygen atoms in total. The molecule has 16 heavy (non-hydrogen) atoms. The fraction of sp³-hybridized carbons (Fsp3) is 0.615. The molecule has 1 unspecified atom stereocenters. The van der Waals surface area contributed by atoms with Gasteiger partial charge in [-0.3, -0.25) is 0 Å². The lowest BCUT2D eigenvalue weighted by Crippen LogP contribution is -2.37. The Bertz CT molecular complexity index is 352. The average Bonchev–Trinajstić information content (AvgIpc) is 2.31.